The Morgan fingerprint density at radius 3 is 2.47 bits per heavy atom. The summed E-state index contributed by atoms with van der Waals surface area (Å²) < 4.78 is 0. The van der Waals surface area contributed by atoms with Gasteiger partial charge < -0.3 is 10.2 Å². The number of aliphatic hydroxyl groups is 1. The summed E-state index contributed by atoms with van der Waals surface area (Å²) >= 11 is 1.62. The second kappa shape index (κ2) is 5.78. The van der Waals surface area contributed by atoms with Gasteiger partial charge in [0.25, 0.3) is 0 Å². The van der Waals surface area contributed by atoms with Crippen LogP contribution in [0, 0.1) is 5.92 Å². The topological polar surface area (TPSA) is 57.5 Å². The number of aromatic carboxylic acids is 1. The monoisotopic (exact) mass is 226 g/mol. The third-order valence-corrected chi connectivity index (χ3v) is 3.29. The van der Waals surface area contributed by atoms with Gasteiger partial charge in [0.2, 0.25) is 0 Å². The van der Waals surface area contributed by atoms with E-state index in [1.807, 2.05) is 6.92 Å². The SMILES string of the molecule is CC(CO)CSc1ccc(C(=O)O)cc1. The van der Waals surface area contributed by atoms with Gasteiger partial charge >= 0.3 is 5.97 Å². The molecule has 1 atom stereocenters. The van der Waals surface area contributed by atoms with Crippen molar-refractivity contribution < 1.29 is 15.0 Å². The van der Waals surface area contributed by atoms with Crippen molar-refractivity contribution in [2.45, 2.75) is 11.8 Å². The minimum absolute atomic E-state index is 0.181. The Morgan fingerprint density at radius 1 is 1.40 bits per heavy atom. The minimum atomic E-state index is -0.907. The van der Waals surface area contributed by atoms with Crippen molar-refractivity contribution >= 4 is 17.7 Å². The van der Waals surface area contributed by atoms with Gasteiger partial charge in [-0.15, -0.1) is 11.8 Å². The maximum absolute atomic E-state index is 10.6. The van der Waals surface area contributed by atoms with Crippen LogP contribution < -0.4 is 0 Å². The summed E-state index contributed by atoms with van der Waals surface area (Å²) in [5.74, 6) is 0.188. The van der Waals surface area contributed by atoms with Gasteiger partial charge in [-0.2, -0.15) is 0 Å². The van der Waals surface area contributed by atoms with Gasteiger partial charge in [0.15, 0.2) is 0 Å². The van der Waals surface area contributed by atoms with Crippen LogP contribution in [-0.4, -0.2) is 28.5 Å². The number of hydrogen-bond acceptors (Lipinski definition) is 3. The Balaban J connectivity index is 2.53. The molecule has 0 spiro atoms. The second-order valence-electron chi connectivity index (χ2n) is 3.43. The number of benzene rings is 1. The number of rotatable bonds is 5. The van der Waals surface area contributed by atoms with E-state index in [-0.39, 0.29) is 12.5 Å². The molecule has 82 valence electrons. The van der Waals surface area contributed by atoms with Crippen molar-refractivity contribution in [2.24, 2.45) is 5.92 Å². The fraction of sp³-hybridized carbons (Fsp3) is 0.364. The predicted octanol–water partition coefficient (Wildman–Crippen LogP) is 2.11. The normalized spacial score (nSPS) is 12.4. The average molecular weight is 226 g/mol. The van der Waals surface area contributed by atoms with Crippen molar-refractivity contribution in [3.05, 3.63) is 29.8 Å². The van der Waals surface area contributed by atoms with E-state index in [4.69, 9.17) is 10.2 Å². The zero-order chi connectivity index (χ0) is 11.3. The molecule has 0 saturated carbocycles. The highest BCUT2D eigenvalue weighted by Crippen LogP contribution is 2.20. The second-order valence-corrected chi connectivity index (χ2v) is 4.52. The first-order valence-corrected chi connectivity index (χ1v) is 5.69. The predicted molar refractivity (Wildman–Crippen MR) is 60.4 cm³/mol. The molecule has 0 radical (unpaired) electrons. The van der Waals surface area contributed by atoms with Crippen LogP contribution in [0.25, 0.3) is 0 Å². The van der Waals surface area contributed by atoms with Crippen LogP contribution in [0.3, 0.4) is 0 Å². The lowest BCUT2D eigenvalue weighted by Gasteiger charge is -2.06. The standard InChI is InChI=1S/C11H14O3S/c1-8(6-12)7-15-10-4-2-9(3-5-10)11(13)14/h2-5,8,12H,6-7H2,1H3,(H,13,14). The highest BCUT2D eigenvalue weighted by atomic mass is 32.2. The van der Waals surface area contributed by atoms with E-state index in [2.05, 4.69) is 0 Å². The minimum Gasteiger partial charge on any atom is -0.478 e. The molecule has 0 amide bonds. The first kappa shape index (κ1) is 12.1. The molecule has 0 bridgehead atoms. The van der Waals surface area contributed by atoms with E-state index in [1.165, 1.54) is 0 Å². The molecule has 0 fully saturated rings. The van der Waals surface area contributed by atoms with E-state index in [9.17, 15) is 4.79 Å². The quantitative estimate of drug-likeness (QED) is 0.755. The molecular formula is C11H14O3S. The summed E-state index contributed by atoms with van der Waals surface area (Å²) in [7, 11) is 0. The van der Waals surface area contributed by atoms with Crippen molar-refractivity contribution in [3.63, 3.8) is 0 Å². The van der Waals surface area contributed by atoms with Gasteiger partial charge in [0.05, 0.1) is 5.56 Å². The maximum atomic E-state index is 10.6. The average Bonchev–Trinajstić information content (AvgIpc) is 2.26. The zero-order valence-corrected chi connectivity index (χ0v) is 9.33. The summed E-state index contributed by atoms with van der Waals surface area (Å²) in [5.41, 5.74) is 0.301. The third-order valence-electron chi connectivity index (χ3n) is 1.95. The fourth-order valence-electron chi connectivity index (χ4n) is 0.985. The summed E-state index contributed by atoms with van der Waals surface area (Å²) in [5, 5.41) is 17.5. The Kier molecular flexibility index (Phi) is 4.65. The number of carbonyl (C=O) groups is 1. The highest BCUT2D eigenvalue weighted by molar-refractivity contribution is 7.99. The Labute approximate surface area is 93.1 Å². The number of hydrogen-bond donors (Lipinski definition) is 2. The highest BCUT2D eigenvalue weighted by Gasteiger charge is 2.04. The van der Waals surface area contributed by atoms with Crippen LogP contribution in [0.4, 0.5) is 0 Å². The maximum Gasteiger partial charge on any atom is 0.335 e. The van der Waals surface area contributed by atoms with Crippen molar-refractivity contribution in [1.82, 2.24) is 0 Å². The number of carboxylic acid groups (broad SMARTS) is 1. The van der Waals surface area contributed by atoms with Gasteiger partial charge in [-0.05, 0) is 30.2 Å². The van der Waals surface area contributed by atoms with Crippen LogP contribution >= 0.6 is 11.8 Å². The summed E-state index contributed by atoms with van der Waals surface area (Å²) in [6.45, 7) is 2.15. The van der Waals surface area contributed by atoms with Gasteiger partial charge in [-0.1, -0.05) is 6.92 Å². The smallest absolute Gasteiger partial charge is 0.335 e. The molecule has 15 heavy (non-hydrogen) atoms. The van der Waals surface area contributed by atoms with Crippen LogP contribution in [0.1, 0.15) is 17.3 Å². The van der Waals surface area contributed by atoms with Gasteiger partial charge in [-0.25, -0.2) is 4.79 Å². The molecule has 0 heterocycles. The van der Waals surface area contributed by atoms with Crippen molar-refractivity contribution in [1.29, 1.82) is 0 Å². The number of aliphatic hydroxyl groups excluding tert-OH is 1. The van der Waals surface area contributed by atoms with Gasteiger partial charge in [-0.3, -0.25) is 0 Å². The van der Waals surface area contributed by atoms with E-state index in [1.54, 1.807) is 36.0 Å². The lowest BCUT2D eigenvalue weighted by molar-refractivity contribution is 0.0697. The first-order chi connectivity index (χ1) is 7.13. The molecule has 0 aromatic heterocycles. The molecule has 1 rings (SSSR count). The van der Waals surface area contributed by atoms with Gasteiger partial charge in [0, 0.05) is 17.3 Å². The molecule has 0 aliphatic rings. The van der Waals surface area contributed by atoms with Crippen LogP contribution in [0.15, 0.2) is 29.2 Å². The van der Waals surface area contributed by atoms with Gasteiger partial charge in [0.1, 0.15) is 0 Å². The molecule has 2 N–H and O–H groups in total. The Hall–Kier alpha value is -1.00. The third kappa shape index (κ3) is 3.93. The van der Waals surface area contributed by atoms with E-state index in [0.29, 0.717) is 5.56 Å². The van der Waals surface area contributed by atoms with Crippen LogP contribution in [0.5, 0.6) is 0 Å². The van der Waals surface area contributed by atoms with Crippen LogP contribution in [0.2, 0.25) is 0 Å². The van der Waals surface area contributed by atoms with Crippen LogP contribution in [-0.2, 0) is 0 Å². The first-order valence-electron chi connectivity index (χ1n) is 4.70. The Morgan fingerprint density at radius 2 is 2.00 bits per heavy atom. The summed E-state index contributed by atoms with van der Waals surface area (Å²) in [6.07, 6.45) is 0. The summed E-state index contributed by atoms with van der Waals surface area (Å²) in [4.78, 5) is 11.6. The molecule has 1 unspecified atom stereocenters. The molecule has 4 heteroatoms. The molecule has 0 aliphatic heterocycles. The lowest BCUT2D eigenvalue weighted by Crippen LogP contribution is -2.03. The molecule has 0 aliphatic carbocycles. The zero-order valence-electron chi connectivity index (χ0n) is 8.51. The van der Waals surface area contributed by atoms with E-state index < -0.39 is 5.97 Å². The number of thioether (sulfide) groups is 1. The summed E-state index contributed by atoms with van der Waals surface area (Å²) in [6, 6.07) is 6.76. The van der Waals surface area contributed by atoms with Crippen molar-refractivity contribution in [3.8, 4) is 0 Å². The lowest BCUT2D eigenvalue weighted by atomic mass is 10.2. The Bertz CT molecular complexity index is 321. The fourth-order valence-corrected chi connectivity index (χ4v) is 1.90. The van der Waals surface area contributed by atoms with E-state index in [0.717, 1.165) is 10.6 Å². The molecule has 3 nitrogen and oxygen atoms in total. The van der Waals surface area contributed by atoms with E-state index >= 15 is 0 Å². The molecule has 1 aromatic rings. The molecular weight excluding hydrogens is 212 g/mol. The number of carboxylic acids is 1. The molecule has 0 saturated heterocycles. The van der Waals surface area contributed by atoms with Crippen molar-refractivity contribution in [2.75, 3.05) is 12.4 Å². The largest absolute Gasteiger partial charge is 0.478 e. The molecule has 1 aromatic carbocycles.